The summed E-state index contributed by atoms with van der Waals surface area (Å²) in [5.74, 6) is 0.180. The number of benzene rings is 3. The molecule has 9 heteroatoms. The molecule has 0 aliphatic carbocycles. The fraction of sp³-hybridized carbons (Fsp3) is 0.115. The van der Waals surface area contributed by atoms with E-state index < -0.39 is 5.97 Å². The molecular weight excluding hydrogens is 550 g/mol. The molecule has 4 aromatic rings. The Morgan fingerprint density at radius 1 is 1.09 bits per heavy atom. The topological polar surface area (TPSA) is 77.2 Å². The maximum atomic E-state index is 12.1. The quantitative estimate of drug-likeness (QED) is 0.170. The number of carboxylic acid groups (broad SMARTS) is 1. The van der Waals surface area contributed by atoms with Crippen LogP contribution in [-0.2, 0) is 17.9 Å². The number of nitrogens with zero attached hydrogens (tertiary/aromatic N) is 3. The maximum absolute atomic E-state index is 12.1. The van der Waals surface area contributed by atoms with Crippen molar-refractivity contribution >= 4 is 51.3 Å². The lowest BCUT2D eigenvalue weighted by molar-refractivity contribution is -0.131. The van der Waals surface area contributed by atoms with Crippen LogP contribution in [0, 0.1) is 0 Å². The lowest BCUT2D eigenvalue weighted by Gasteiger charge is -2.11. The number of hydrogen-bond donors (Lipinski definition) is 1. The van der Waals surface area contributed by atoms with Crippen molar-refractivity contribution in [3.05, 3.63) is 98.3 Å². The van der Waals surface area contributed by atoms with E-state index in [1.807, 2.05) is 72.2 Å². The number of rotatable bonds is 9. The van der Waals surface area contributed by atoms with Crippen molar-refractivity contribution in [2.24, 2.45) is 0 Å². The third-order valence-corrected chi connectivity index (χ3v) is 6.84. The van der Waals surface area contributed by atoms with E-state index in [1.54, 1.807) is 18.2 Å². The summed E-state index contributed by atoms with van der Waals surface area (Å²) in [5, 5.41) is 19.6. The van der Waals surface area contributed by atoms with E-state index in [4.69, 9.17) is 16.3 Å². The Morgan fingerprint density at radius 3 is 2.49 bits per heavy atom. The highest BCUT2D eigenvalue weighted by Crippen LogP contribution is 2.32. The molecule has 0 atom stereocenters. The summed E-state index contributed by atoms with van der Waals surface area (Å²) in [6.45, 7) is 2.90. The summed E-state index contributed by atoms with van der Waals surface area (Å²) in [5.41, 5.74) is 2.52. The van der Waals surface area contributed by atoms with Crippen LogP contribution in [0.3, 0.4) is 0 Å². The minimum absolute atomic E-state index is 0.106. The van der Waals surface area contributed by atoms with Crippen LogP contribution in [0.25, 0.3) is 17.5 Å². The zero-order valence-corrected chi connectivity index (χ0v) is 21.8. The zero-order chi connectivity index (χ0) is 24.8. The normalized spacial score (nSPS) is 11.5. The van der Waals surface area contributed by atoms with Gasteiger partial charge < -0.3 is 14.4 Å². The Balaban J connectivity index is 1.60. The van der Waals surface area contributed by atoms with E-state index in [-0.39, 0.29) is 4.91 Å². The summed E-state index contributed by atoms with van der Waals surface area (Å²) < 4.78 is 8.87. The second-order valence-corrected chi connectivity index (χ2v) is 9.79. The number of carboxylic acids is 1. The van der Waals surface area contributed by atoms with Gasteiger partial charge in [0.15, 0.2) is 11.0 Å². The van der Waals surface area contributed by atoms with Crippen molar-refractivity contribution in [3.63, 3.8) is 0 Å². The molecule has 3 aromatic carbocycles. The van der Waals surface area contributed by atoms with E-state index in [9.17, 15) is 9.90 Å². The minimum Gasteiger partial charge on any atom is -0.488 e. The van der Waals surface area contributed by atoms with E-state index in [0.717, 1.165) is 27.4 Å². The second-order valence-electron chi connectivity index (χ2n) is 7.43. The molecule has 0 aliphatic rings. The number of aliphatic carboxylic acids is 1. The minimum atomic E-state index is -1.06. The lowest BCUT2D eigenvalue weighted by atomic mass is 10.2. The number of carbonyl (C=O) groups is 1. The molecule has 0 aliphatic heterocycles. The molecule has 1 aromatic heterocycles. The molecule has 0 unspecified atom stereocenters. The van der Waals surface area contributed by atoms with Crippen LogP contribution in [0.5, 0.6) is 5.75 Å². The molecule has 0 saturated carbocycles. The van der Waals surface area contributed by atoms with Crippen LogP contribution in [0.4, 0.5) is 0 Å². The predicted octanol–water partition coefficient (Wildman–Crippen LogP) is 7.18. The van der Waals surface area contributed by atoms with Crippen molar-refractivity contribution in [3.8, 4) is 17.1 Å². The van der Waals surface area contributed by atoms with Crippen molar-refractivity contribution < 1.29 is 14.6 Å². The predicted molar refractivity (Wildman–Crippen MR) is 143 cm³/mol. The van der Waals surface area contributed by atoms with Gasteiger partial charge in [-0.3, -0.25) is 0 Å². The monoisotopic (exact) mass is 569 g/mol. The first-order valence-electron chi connectivity index (χ1n) is 10.7. The zero-order valence-electron chi connectivity index (χ0n) is 18.7. The molecule has 0 spiro atoms. The third kappa shape index (κ3) is 6.33. The van der Waals surface area contributed by atoms with Gasteiger partial charge in [-0.1, -0.05) is 57.9 Å². The number of para-hydroxylation sites is 1. The van der Waals surface area contributed by atoms with Crippen molar-refractivity contribution in [2.45, 2.75) is 25.2 Å². The molecule has 35 heavy (non-hydrogen) atoms. The van der Waals surface area contributed by atoms with Crippen LogP contribution in [-0.4, -0.2) is 25.8 Å². The van der Waals surface area contributed by atoms with Crippen molar-refractivity contribution in [1.82, 2.24) is 14.8 Å². The van der Waals surface area contributed by atoms with Crippen molar-refractivity contribution in [2.75, 3.05) is 0 Å². The molecular formula is C26H21BrClN3O3S. The molecule has 4 rings (SSSR count). The van der Waals surface area contributed by atoms with Gasteiger partial charge in [0.2, 0.25) is 0 Å². The summed E-state index contributed by atoms with van der Waals surface area (Å²) in [6.07, 6.45) is 1.60. The SMILES string of the molecule is CCn1c(S/C(=C\c2ccccc2OCc2ccc(Br)cc2)C(=O)O)nnc1-c1ccc(Cl)cc1. The van der Waals surface area contributed by atoms with Gasteiger partial charge in [0.1, 0.15) is 17.3 Å². The highest BCUT2D eigenvalue weighted by molar-refractivity contribution is 9.10. The van der Waals surface area contributed by atoms with Gasteiger partial charge in [-0.15, -0.1) is 10.2 Å². The Hall–Kier alpha value is -3.07. The fourth-order valence-corrected chi connectivity index (χ4v) is 4.58. The summed E-state index contributed by atoms with van der Waals surface area (Å²) in [7, 11) is 0. The number of aromatic nitrogens is 3. The molecule has 1 N–H and O–H groups in total. The van der Waals surface area contributed by atoms with Gasteiger partial charge in [0, 0.05) is 27.2 Å². The Morgan fingerprint density at radius 2 is 1.80 bits per heavy atom. The van der Waals surface area contributed by atoms with Gasteiger partial charge >= 0.3 is 5.97 Å². The van der Waals surface area contributed by atoms with Crippen LogP contribution < -0.4 is 4.74 Å². The Kier molecular flexibility index (Phi) is 8.28. The number of thioether (sulfide) groups is 1. The Bertz CT molecular complexity index is 1360. The van der Waals surface area contributed by atoms with E-state index in [1.165, 1.54) is 0 Å². The standard InChI is InChI=1S/C26H21BrClN3O3S/c1-2-31-24(18-9-13-21(28)14-10-18)29-30-26(31)35-23(25(32)33)15-19-5-3-4-6-22(19)34-16-17-7-11-20(27)12-8-17/h3-15H,2,16H2,1H3,(H,32,33)/b23-15-. The molecule has 0 bridgehead atoms. The summed E-state index contributed by atoms with van der Waals surface area (Å²) in [4.78, 5) is 12.2. The summed E-state index contributed by atoms with van der Waals surface area (Å²) in [6, 6.07) is 22.5. The van der Waals surface area contributed by atoms with Crippen LogP contribution >= 0.6 is 39.3 Å². The smallest absolute Gasteiger partial charge is 0.342 e. The molecule has 0 radical (unpaired) electrons. The highest BCUT2D eigenvalue weighted by atomic mass is 79.9. The molecule has 0 saturated heterocycles. The lowest BCUT2D eigenvalue weighted by Crippen LogP contribution is -2.03. The molecule has 178 valence electrons. The van der Waals surface area contributed by atoms with E-state index in [0.29, 0.717) is 40.5 Å². The van der Waals surface area contributed by atoms with Gasteiger partial charge in [0.25, 0.3) is 0 Å². The van der Waals surface area contributed by atoms with Gasteiger partial charge in [-0.25, -0.2) is 4.79 Å². The first kappa shape index (κ1) is 25.0. The fourth-order valence-electron chi connectivity index (χ4n) is 3.31. The first-order chi connectivity index (χ1) is 16.9. The van der Waals surface area contributed by atoms with Gasteiger partial charge in [-0.05, 0) is 72.8 Å². The first-order valence-corrected chi connectivity index (χ1v) is 12.7. The molecule has 0 amide bonds. The number of hydrogen-bond acceptors (Lipinski definition) is 5. The molecule has 0 fully saturated rings. The maximum Gasteiger partial charge on any atom is 0.342 e. The molecule has 1 heterocycles. The second kappa shape index (κ2) is 11.6. The van der Waals surface area contributed by atoms with Gasteiger partial charge in [0.05, 0.1) is 0 Å². The van der Waals surface area contributed by atoms with Crippen molar-refractivity contribution in [1.29, 1.82) is 0 Å². The van der Waals surface area contributed by atoms with Crippen LogP contribution in [0.15, 0.2) is 87.3 Å². The van der Waals surface area contributed by atoms with E-state index >= 15 is 0 Å². The Labute approximate surface area is 220 Å². The van der Waals surface area contributed by atoms with Crippen LogP contribution in [0.1, 0.15) is 18.1 Å². The largest absolute Gasteiger partial charge is 0.488 e. The number of halogens is 2. The molecule has 6 nitrogen and oxygen atoms in total. The average Bonchev–Trinajstić information content (AvgIpc) is 3.27. The number of ether oxygens (including phenoxy) is 1. The van der Waals surface area contributed by atoms with Gasteiger partial charge in [-0.2, -0.15) is 0 Å². The average molecular weight is 571 g/mol. The highest BCUT2D eigenvalue weighted by Gasteiger charge is 2.19. The summed E-state index contributed by atoms with van der Waals surface area (Å²) >= 11 is 10.5. The van der Waals surface area contributed by atoms with E-state index in [2.05, 4.69) is 26.1 Å². The van der Waals surface area contributed by atoms with Crippen LogP contribution in [0.2, 0.25) is 5.02 Å². The third-order valence-electron chi connectivity index (χ3n) is 5.06.